The fourth-order valence-corrected chi connectivity index (χ4v) is 4.37. The summed E-state index contributed by atoms with van der Waals surface area (Å²) in [4.78, 5) is 24.0. The summed E-state index contributed by atoms with van der Waals surface area (Å²) in [6.45, 7) is 3.16. The third kappa shape index (κ3) is 5.52. The van der Waals surface area contributed by atoms with E-state index in [1.54, 1.807) is 17.1 Å². The molecule has 40 heavy (non-hydrogen) atoms. The number of alkyl halides is 3. The van der Waals surface area contributed by atoms with Gasteiger partial charge >= 0.3 is 18.0 Å². The van der Waals surface area contributed by atoms with Crippen molar-refractivity contribution in [2.75, 3.05) is 18.9 Å². The SMILES string of the molecule is CN1CCC(NC(=O)c2nnc(C(C)(C)C(F)(F)F)o2)c2ccc(-c3ccnc(Nc4cnn(C)c4)n3)cc2C1. The van der Waals surface area contributed by atoms with Crippen molar-refractivity contribution in [1.82, 2.24) is 40.2 Å². The van der Waals surface area contributed by atoms with Crippen molar-refractivity contribution in [3.63, 3.8) is 0 Å². The summed E-state index contributed by atoms with van der Waals surface area (Å²) in [7, 11) is 3.80. The van der Waals surface area contributed by atoms with Crippen molar-refractivity contribution in [3.8, 4) is 11.3 Å². The van der Waals surface area contributed by atoms with Gasteiger partial charge in [-0.1, -0.05) is 12.1 Å². The smallest absolute Gasteiger partial charge is 0.402 e. The van der Waals surface area contributed by atoms with Gasteiger partial charge in [-0.2, -0.15) is 18.3 Å². The maximum absolute atomic E-state index is 13.4. The van der Waals surface area contributed by atoms with Gasteiger partial charge < -0.3 is 20.0 Å². The van der Waals surface area contributed by atoms with Gasteiger partial charge in [0.1, 0.15) is 5.41 Å². The van der Waals surface area contributed by atoms with Crippen molar-refractivity contribution in [2.45, 2.75) is 44.4 Å². The molecule has 4 aromatic rings. The van der Waals surface area contributed by atoms with E-state index in [4.69, 9.17) is 4.42 Å². The number of fused-ring (bicyclic) bond motifs is 1. The molecule has 1 amide bonds. The summed E-state index contributed by atoms with van der Waals surface area (Å²) in [5.41, 5.74) is 1.82. The molecule has 1 aliphatic rings. The number of aromatic nitrogens is 6. The van der Waals surface area contributed by atoms with Crippen molar-refractivity contribution >= 4 is 17.5 Å². The number of hydrogen-bond donors (Lipinski definition) is 2. The molecule has 5 rings (SSSR count). The number of halogens is 3. The van der Waals surface area contributed by atoms with Crippen molar-refractivity contribution < 1.29 is 22.4 Å². The molecule has 4 heterocycles. The van der Waals surface area contributed by atoms with Crippen LogP contribution in [0, 0.1) is 0 Å². The number of aryl methyl sites for hydroxylation is 1. The molecular formula is C26H28F3N9O2. The zero-order valence-corrected chi connectivity index (χ0v) is 22.3. The third-order valence-corrected chi connectivity index (χ3v) is 6.84. The lowest BCUT2D eigenvalue weighted by atomic mass is 9.93. The Hall–Kier alpha value is -4.33. The zero-order valence-electron chi connectivity index (χ0n) is 22.3. The lowest BCUT2D eigenvalue weighted by Crippen LogP contribution is -2.36. The summed E-state index contributed by atoms with van der Waals surface area (Å²) in [5.74, 6) is -1.49. The molecule has 2 N–H and O–H groups in total. The molecule has 0 fully saturated rings. The number of hydrogen-bond acceptors (Lipinski definition) is 9. The first-order valence-corrected chi connectivity index (χ1v) is 12.5. The molecule has 14 heteroatoms. The number of carbonyl (C=O) groups excluding carboxylic acids is 1. The summed E-state index contributed by atoms with van der Waals surface area (Å²) in [6.07, 6.45) is 1.12. The van der Waals surface area contributed by atoms with E-state index in [1.807, 2.05) is 44.6 Å². The minimum Gasteiger partial charge on any atom is -0.416 e. The standard InChI is InChI=1S/C26H28F3N9O2/c1-25(2,26(27,28)29)23-36-35-22(40-23)21(39)33-20-8-10-37(3)13-16-11-15(5-6-18(16)20)19-7-9-30-24(34-19)32-17-12-31-38(4)14-17/h5-7,9,11-12,14,20H,8,10,13H2,1-4H3,(H,33,39)(H,30,32,34). The lowest BCUT2D eigenvalue weighted by molar-refractivity contribution is -0.186. The van der Waals surface area contributed by atoms with Crippen LogP contribution in [0.2, 0.25) is 0 Å². The van der Waals surface area contributed by atoms with Gasteiger partial charge in [0.25, 0.3) is 0 Å². The molecule has 1 aromatic carbocycles. The monoisotopic (exact) mass is 555 g/mol. The van der Waals surface area contributed by atoms with Crippen LogP contribution in [0.4, 0.5) is 24.8 Å². The minimum absolute atomic E-state index is 0.416. The number of benzene rings is 1. The number of amides is 1. The van der Waals surface area contributed by atoms with Gasteiger partial charge in [0.2, 0.25) is 11.8 Å². The van der Waals surface area contributed by atoms with Crippen LogP contribution < -0.4 is 10.6 Å². The lowest BCUT2D eigenvalue weighted by Gasteiger charge is -2.23. The van der Waals surface area contributed by atoms with Crippen LogP contribution in [0.3, 0.4) is 0 Å². The quantitative estimate of drug-likeness (QED) is 0.361. The van der Waals surface area contributed by atoms with Crippen molar-refractivity contribution in [3.05, 3.63) is 65.8 Å². The highest BCUT2D eigenvalue weighted by Gasteiger charge is 2.52. The second-order valence-corrected chi connectivity index (χ2v) is 10.3. The molecule has 1 unspecified atom stereocenters. The predicted octanol–water partition coefficient (Wildman–Crippen LogP) is 4.15. The van der Waals surface area contributed by atoms with Crippen LogP contribution >= 0.6 is 0 Å². The van der Waals surface area contributed by atoms with E-state index in [0.717, 1.165) is 36.2 Å². The first kappa shape index (κ1) is 27.2. The number of carbonyl (C=O) groups is 1. The average Bonchev–Trinajstić information content (AvgIpc) is 3.52. The van der Waals surface area contributed by atoms with Gasteiger partial charge in [0.15, 0.2) is 0 Å². The van der Waals surface area contributed by atoms with Crippen LogP contribution in [0.25, 0.3) is 11.3 Å². The molecular weight excluding hydrogens is 527 g/mol. The van der Waals surface area contributed by atoms with Gasteiger partial charge in [-0.3, -0.25) is 9.48 Å². The van der Waals surface area contributed by atoms with Gasteiger partial charge in [-0.25, -0.2) is 9.97 Å². The highest BCUT2D eigenvalue weighted by atomic mass is 19.4. The van der Waals surface area contributed by atoms with E-state index in [9.17, 15) is 18.0 Å². The van der Waals surface area contributed by atoms with Crippen LogP contribution in [0.15, 0.2) is 47.3 Å². The molecule has 210 valence electrons. The van der Waals surface area contributed by atoms with Gasteiger partial charge in [0, 0.05) is 38.1 Å². The average molecular weight is 556 g/mol. The predicted molar refractivity (Wildman–Crippen MR) is 138 cm³/mol. The molecule has 1 atom stereocenters. The Bertz CT molecular complexity index is 1530. The van der Waals surface area contributed by atoms with Crippen LogP contribution in [0.1, 0.15) is 54.0 Å². The molecule has 1 aliphatic heterocycles. The van der Waals surface area contributed by atoms with Gasteiger partial charge in [0.05, 0.1) is 23.6 Å². The number of anilines is 2. The van der Waals surface area contributed by atoms with Gasteiger partial charge in [-0.05, 0) is 50.6 Å². The van der Waals surface area contributed by atoms with E-state index in [2.05, 4.69) is 40.8 Å². The van der Waals surface area contributed by atoms with Gasteiger partial charge in [-0.15, -0.1) is 10.2 Å². The molecule has 0 radical (unpaired) electrons. The first-order chi connectivity index (χ1) is 18.9. The summed E-state index contributed by atoms with van der Waals surface area (Å²) < 4.78 is 47.0. The highest BCUT2D eigenvalue weighted by molar-refractivity contribution is 5.89. The zero-order chi connectivity index (χ0) is 28.7. The Morgan fingerprint density at radius 3 is 2.67 bits per heavy atom. The first-order valence-electron chi connectivity index (χ1n) is 12.5. The Labute approximate surface area is 227 Å². The van der Waals surface area contributed by atoms with E-state index in [1.165, 1.54) is 0 Å². The molecule has 0 aliphatic carbocycles. The topological polar surface area (TPSA) is 127 Å². The van der Waals surface area contributed by atoms with E-state index in [-0.39, 0.29) is 0 Å². The van der Waals surface area contributed by atoms with Crippen LogP contribution in [0.5, 0.6) is 0 Å². The summed E-state index contributed by atoms with van der Waals surface area (Å²) in [6, 6.07) is 7.25. The molecule has 0 saturated heterocycles. The van der Waals surface area contributed by atoms with E-state index < -0.39 is 35.3 Å². The molecule has 3 aromatic heterocycles. The summed E-state index contributed by atoms with van der Waals surface area (Å²) >= 11 is 0. The minimum atomic E-state index is -4.62. The maximum Gasteiger partial charge on any atom is 0.402 e. The number of nitrogens with one attached hydrogen (secondary N) is 2. The van der Waals surface area contributed by atoms with Crippen molar-refractivity contribution in [1.29, 1.82) is 0 Å². The van der Waals surface area contributed by atoms with Crippen LogP contribution in [-0.2, 0) is 19.0 Å². The van der Waals surface area contributed by atoms with E-state index in [0.29, 0.717) is 31.2 Å². The van der Waals surface area contributed by atoms with Crippen molar-refractivity contribution in [2.24, 2.45) is 7.05 Å². The number of nitrogens with zero attached hydrogens (tertiary/aromatic N) is 7. The second kappa shape index (κ2) is 10.3. The second-order valence-electron chi connectivity index (χ2n) is 10.3. The van der Waals surface area contributed by atoms with Crippen LogP contribution in [-0.4, -0.2) is 60.5 Å². The van der Waals surface area contributed by atoms with E-state index >= 15 is 0 Å². The fraction of sp³-hybridized carbons (Fsp3) is 0.385. The molecule has 11 nitrogen and oxygen atoms in total. The molecule has 0 saturated carbocycles. The molecule has 0 bridgehead atoms. The third-order valence-electron chi connectivity index (χ3n) is 6.84. The molecule has 0 spiro atoms. The Balaban J connectivity index is 1.38. The normalized spacial score (nSPS) is 16.3. The Morgan fingerprint density at radius 1 is 1.15 bits per heavy atom. The maximum atomic E-state index is 13.4. The Morgan fingerprint density at radius 2 is 1.95 bits per heavy atom. The highest BCUT2D eigenvalue weighted by Crippen LogP contribution is 2.39. The summed E-state index contributed by atoms with van der Waals surface area (Å²) in [5, 5.41) is 17.2. The Kier molecular flexibility index (Phi) is 7.04. The largest absolute Gasteiger partial charge is 0.416 e. The number of rotatable bonds is 6. The fourth-order valence-electron chi connectivity index (χ4n) is 4.37.